The predicted molar refractivity (Wildman–Crippen MR) is 79.5 cm³/mol. The Morgan fingerprint density at radius 1 is 1.30 bits per heavy atom. The van der Waals surface area contributed by atoms with Crippen molar-refractivity contribution in [1.29, 1.82) is 0 Å². The fourth-order valence-electron chi connectivity index (χ4n) is 2.03. The molecule has 110 valence electrons. The summed E-state index contributed by atoms with van der Waals surface area (Å²) in [5.74, 6) is 5.38. The summed E-state index contributed by atoms with van der Waals surface area (Å²) >= 11 is 1.43. The molecule has 2 N–H and O–H groups in total. The Kier molecular flexibility index (Phi) is 5.57. The van der Waals surface area contributed by atoms with E-state index >= 15 is 0 Å². The van der Waals surface area contributed by atoms with Gasteiger partial charge in [0.2, 0.25) is 0 Å². The van der Waals surface area contributed by atoms with Crippen LogP contribution in [0.2, 0.25) is 0 Å². The lowest BCUT2D eigenvalue weighted by atomic mass is 10.2. The minimum atomic E-state index is -3.38. The van der Waals surface area contributed by atoms with Crippen LogP contribution in [0.25, 0.3) is 0 Å². The van der Waals surface area contributed by atoms with E-state index in [1.165, 1.54) is 15.6 Å². The zero-order valence-electron chi connectivity index (χ0n) is 11.1. The average Bonchev–Trinajstić information content (AvgIpc) is 2.92. The van der Waals surface area contributed by atoms with Gasteiger partial charge in [0.05, 0.1) is 4.88 Å². The van der Waals surface area contributed by atoms with Crippen LogP contribution in [-0.2, 0) is 16.8 Å². The van der Waals surface area contributed by atoms with Gasteiger partial charge in [-0.25, -0.2) is 0 Å². The highest BCUT2D eigenvalue weighted by Crippen LogP contribution is 2.17. The summed E-state index contributed by atoms with van der Waals surface area (Å²) in [7, 11) is -3.38. The SMILES string of the molecule is O=S(=O)(NCc1ccc(C#CCO)s1)N1CCCCC1. The zero-order valence-corrected chi connectivity index (χ0v) is 12.8. The Hall–Kier alpha value is -0.910. The first-order chi connectivity index (χ1) is 9.62. The Bertz CT molecular complexity index is 593. The number of hydrogen-bond acceptors (Lipinski definition) is 4. The molecular formula is C13H18N2O3S2. The molecule has 0 radical (unpaired) electrons. The second kappa shape index (κ2) is 7.20. The minimum absolute atomic E-state index is 0.172. The number of aliphatic hydroxyl groups excluding tert-OH is 1. The van der Waals surface area contributed by atoms with Crippen LogP contribution in [0, 0.1) is 11.8 Å². The maximum Gasteiger partial charge on any atom is 0.279 e. The van der Waals surface area contributed by atoms with Gasteiger partial charge in [-0.2, -0.15) is 17.4 Å². The third-order valence-corrected chi connectivity index (χ3v) is 5.59. The van der Waals surface area contributed by atoms with E-state index in [2.05, 4.69) is 16.6 Å². The van der Waals surface area contributed by atoms with Crippen molar-refractivity contribution in [2.24, 2.45) is 0 Å². The summed E-state index contributed by atoms with van der Waals surface area (Å²) in [5, 5.41) is 8.62. The quantitative estimate of drug-likeness (QED) is 0.812. The molecule has 0 aromatic carbocycles. The molecule has 0 aliphatic carbocycles. The van der Waals surface area contributed by atoms with Gasteiger partial charge >= 0.3 is 0 Å². The molecule has 1 aliphatic heterocycles. The van der Waals surface area contributed by atoms with E-state index in [-0.39, 0.29) is 13.2 Å². The van der Waals surface area contributed by atoms with Gasteiger partial charge in [0.1, 0.15) is 6.61 Å². The second-order valence-electron chi connectivity index (χ2n) is 4.51. The molecule has 1 aromatic heterocycles. The van der Waals surface area contributed by atoms with Gasteiger partial charge in [-0.05, 0) is 25.0 Å². The lowest BCUT2D eigenvalue weighted by molar-refractivity contribution is 0.341. The van der Waals surface area contributed by atoms with Crippen molar-refractivity contribution in [2.45, 2.75) is 25.8 Å². The summed E-state index contributed by atoms with van der Waals surface area (Å²) in [6, 6.07) is 3.68. The molecular weight excluding hydrogens is 296 g/mol. The summed E-state index contributed by atoms with van der Waals surface area (Å²) in [6.07, 6.45) is 2.96. The Labute approximate surface area is 123 Å². The first-order valence-electron chi connectivity index (χ1n) is 6.55. The maximum atomic E-state index is 12.1. The van der Waals surface area contributed by atoms with E-state index in [4.69, 9.17) is 5.11 Å². The molecule has 0 bridgehead atoms. The van der Waals surface area contributed by atoms with Crippen molar-refractivity contribution in [3.63, 3.8) is 0 Å². The first kappa shape index (κ1) is 15.5. The van der Waals surface area contributed by atoms with Gasteiger partial charge in [0.25, 0.3) is 10.2 Å². The fraction of sp³-hybridized carbons (Fsp3) is 0.538. The number of piperidine rings is 1. The number of nitrogens with zero attached hydrogens (tertiary/aromatic N) is 1. The zero-order chi connectivity index (χ0) is 14.4. The number of nitrogens with one attached hydrogen (secondary N) is 1. The van der Waals surface area contributed by atoms with Gasteiger partial charge in [-0.1, -0.05) is 18.3 Å². The molecule has 1 aromatic rings. The fourth-order valence-corrected chi connectivity index (χ4v) is 4.20. The van der Waals surface area contributed by atoms with Crippen molar-refractivity contribution in [3.8, 4) is 11.8 Å². The van der Waals surface area contributed by atoms with Crippen molar-refractivity contribution in [2.75, 3.05) is 19.7 Å². The van der Waals surface area contributed by atoms with Crippen LogP contribution in [-0.4, -0.2) is 37.5 Å². The molecule has 0 saturated carbocycles. The van der Waals surface area contributed by atoms with Crippen molar-refractivity contribution in [1.82, 2.24) is 9.03 Å². The smallest absolute Gasteiger partial charge is 0.279 e. The molecule has 0 unspecified atom stereocenters. The lowest BCUT2D eigenvalue weighted by Gasteiger charge is -2.25. The molecule has 7 heteroatoms. The van der Waals surface area contributed by atoms with E-state index in [1.54, 1.807) is 0 Å². The van der Waals surface area contributed by atoms with E-state index < -0.39 is 10.2 Å². The Morgan fingerprint density at radius 3 is 2.75 bits per heavy atom. The molecule has 1 aliphatic rings. The van der Waals surface area contributed by atoms with Crippen molar-refractivity contribution >= 4 is 21.5 Å². The van der Waals surface area contributed by atoms with E-state index in [1.807, 2.05) is 12.1 Å². The van der Waals surface area contributed by atoms with Crippen LogP contribution < -0.4 is 4.72 Å². The normalized spacial score (nSPS) is 16.6. The highest BCUT2D eigenvalue weighted by atomic mass is 32.2. The summed E-state index contributed by atoms with van der Waals surface area (Å²) < 4.78 is 28.3. The molecule has 0 atom stereocenters. The van der Waals surface area contributed by atoms with Gasteiger partial charge < -0.3 is 5.11 Å². The lowest BCUT2D eigenvalue weighted by Crippen LogP contribution is -2.43. The molecule has 2 rings (SSSR count). The molecule has 20 heavy (non-hydrogen) atoms. The van der Waals surface area contributed by atoms with E-state index in [0.29, 0.717) is 13.1 Å². The molecule has 5 nitrogen and oxygen atoms in total. The van der Waals surface area contributed by atoms with Crippen LogP contribution in [0.5, 0.6) is 0 Å². The Balaban J connectivity index is 1.92. The number of thiophene rings is 1. The molecule has 0 amide bonds. The topological polar surface area (TPSA) is 69.6 Å². The third kappa shape index (κ3) is 4.30. The molecule has 1 fully saturated rings. The van der Waals surface area contributed by atoms with Gasteiger partial charge in [0.15, 0.2) is 0 Å². The largest absolute Gasteiger partial charge is 0.384 e. The van der Waals surface area contributed by atoms with Crippen LogP contribution in [0.3, 0.4) is 0 Å². The highest BCUT2D eigenvalue weighted by Gasteiger charge is 2.23. The first-order valence-corrected chi connectivity index (χ1v) is 8.80. The summed E-state index contributed by atoms with van der Waals surface area (Å²) in [5.41, 5.74) is 0. The standard InChI is InChI=1S/C13H18N2O3S2/c16-10-4-5-12-6-7-13(19-12)11-14-20(17,18)15-8-2-1-3-9-15/h6-7,14,16H,1-3,8-11H2. The number of aliphatic hydroxyl groups is 1. The maximum absolute atomic E-state index is 12.1. The van der Waals surface area contributed by atoms with Gasteiger partial charge in [-0.3, -0.25) is 0 Å². The third-order valence-electron chi connectivity index (χ3n) is 3.04. The number of hydrogen-bond donors (Lipinski definition) is 2. The average molecular weight is 314 g/mol. The van der Waals surface area contributed by atoms with E-state index in [9.17, 15) is 8.42 Å². The van der Waals surface area contributed by atoms with Crippen molar-refractivity contribution < 1.29 is 13.5 Å². The predicted octanol–water partition coefficient (Wildman–Crippen LogP) is 0.912. The summed E-state index contributed by atoms with van der Waals surface area (Å²) in [4.78, 5) is 1.74. The van der Waals surface area contributed by atoms with Crippen LogP contribution in [0.1, 0.15) is 29.0 Å². The van der Waals surface area contributed by atoms with Gasteiger partial charge in [0, 0.05) is 24.5 Å². The van der Waals surface area contributed by atoms with Gasteiger partial charge in [-0.15, -0.1) is 11.3 Å². The van der Waals surface area contributed by atoms with E-state index in [0.717, 1.165) is 29.0 Å². The van der Waals surface area contributed by atoms with Crippen LogP contribution in [0.15, 0.2) is 12.1 Å². The Morgan fingerprint density at radius 2 is 2.05 bits per heavy atom. The minimum Gasteiger partial charge on any atom is -0.384 e. The highest BCUT2D eigenvalue weighted by molar-refractivity contribution is 7.87. The monoisotopic (exact) mass is 314 g/mol. The summed E-state index contributed by atoms with van der Waals surface area (Å²) in [6.45, 7) is 1.32. The second-order valence-corrected chi connectivity index (χ2v) is 7.44. The van der Waals surface area contributed by atoms with Crippen LogP contribution >= 0.6 is 11.3 Å². The van der Waals surface area contributed by atoms with Crippen molar-refractivity contribution in [3.05, 3.63) is 21.9 Å². The molecule has 1 saturated heterocycles. The molecule has 2 heterocycles. The molecule has 0 spiro atoms. The van der Waals surface area contributed by atoms with Crippen LogP contribution in [0.4, 0.5) is 0 Å². The number of rotatable bonds is 4.